The zero-order chi connectivity index (χ0) is 13.9. The van der Waals surface area contributed by atoms with Crippen LogP contribution in [-0.4, -0.2) is 18.3 Å². The third-order valence-electron chi connectivity index (χ3n) is 3.15. The second kappa shape index (κ2) is 7.08. The molecular formula is C14H23ClFNO2. The first-order chi connectivity index (χ1) is 8.25. The Kier molecular flexibility index (Phi) is 6.77. The summed E-state index contributed by atoms with van der Waals surface area (Å²) >= 11 is 0. The van der Waals surface area contributed by atoms with Crippen LogP contribution in [0.3, 0.4) is 0 Å². The normalized spacial score (nSPS) is 14.5. The van der Waals surface area contributed by atoms with E-state index in [1.807, 2.05) is 20.8 Å². The lowest BCUT2D eigenvalue weighted by molar-refractivity contribution is 0.129. The molecule has 0 unspecified atom stereocenters. The van der Waals surface area contributed by atoms with Gasteiger partial charge in [-0.3, -0.25) is 0 Å². The van der Waals surface area contributed by atoms with E-state index in [9.17, 15) is 9.50 Å². The van der Waals surface area contributed by atoms with E-state index >= 15 is 0 Å². The number of nitrogens with two attached hydrogens (primary N) is 1. The molecule has 0 amide bonds. The summed E-state index contributed by atoms with van der Waals surface area (Å²) in [5.41, 5.74) is 6.10. The second-order valence-corrected chi connectivity index (χ2v) is 5.61. The van der Waals surface area contributed by atoms with Crippen molar-refractivity contribution < 1.29 is 14.2 Å². The number of methoxy groups -OCH3 is 1. The summed E-state index contributed by atoms with van der Waals surface area (Å²) in [7, 11) is 1.50. The van der Waals surface area contributed by atoms with Gasteiger partial charge in [0.2, 0.25) is 0 Å². The molecule has 0 fully saturated rings. The highest BCUT2D eigenvalue weighted by atomic mass is 35.5. The van der Waals surface area contributed by atoms with Crippen molar-refractivity contribution in [2.24, 2.45) is 11.1 Å². The van der Waals surface area contributed by atoms with Gasteiger partial charge in [-0.05, 0) is 30.0 Å². The minimum absolute atomic E-state index is 0. The molecule has 0 radical (unpaired) electrons. The van der Waals surface area contributed by atoms with Crippen LogP contribution < -0.4 is 10.5 Å². The van der Waals surface area contributed by atoms with Crippen molar-refractivity contribution in [1.29, 1.82) is 0 Å². The van der Waals surface area contributed by atoms with Crippen LogP contribution in [-0.2, 0) is 0 Å². The molecule has 0 bridgehead atoms. The van der Waals surface area contributed by atoms with Gasteiger partial charge in [0.25, 0.3) is 0 Å². The van der Waals surface area contributed by atoms with Crippen molar-refractivity contribution in [3.63, 3.8) is 0 Å². The summed E-state index contributed by atoms with van der Waals surface area (Å²) in [6, 6.07) is 4.11. The van der Waals surface area contributed by atoms with Crippen molar-refractivity contribution in [2.45, 2.75) is 39.3 Å². The van der Waals surface area contributed by atoms with Crippen LogP contribution in [0.4, 0.5) is 4.39 Å². The van der Waals surface area contributed by atoms with Crippen LogP contribution in [0.1, 0.15) is 38.9 Å². The van der Waals surface area contributed by atoms with Crippen LogP contribution in [0.15, 0.2) is 18.2 Å². The number of aliphatic hydroxyl groups excluding tert-OH is 1. The van der Waals surface area contributed by atoms with Gasteiger partial charge in [-0.1, -0.05) is 20.8 Å². The number of hydrogen-bond acceptors (Lipinski definition) is 3. The van der Waals surface area contributed by atoms with Crippen LogP contribution in [0.5, 0.6) is 5.75 Å². The summed E-state index contributed by atoms with van der Waals surface area (Å²) in [6.45, 7) is 5.98. The van der Waals surface area contributed by atoms with Gasteiger partial charge in [-0.15, -0.1) is 12.4 Å². The molecule has 110 valence electrons. The van der Waals surface area contributed by atoms with Crippen molar-refractivity contribution in [3.8, 4) is 5.75 Å². The number of ether oxygens (including phenoxy) is 1. The summed E-state index contributed by atoms with van der Waals surface area (Å²) in [5, 5.41) is 10.1. The largest absolute Gasteiger partial charge is 0.497 e. The molecule has 0 saturated carbocycles. The first kappa shape index (κ1) is 18.2. The van der Waals surface area contributed by atoms with E-state index in [1.165, 1.54) is 25.3 Å². The highest BCUT2D eigenvalue weighted by Gasteiger charge is 2.25. The fourth-order valence-corrected chi connectivity index (χ4v) is 1.63. The quantitative estimate of drug-likeness (QED) is 0.896. The Balaban J connectivity index is 0.00000324. The lowest BCUT2D eigenvalue weighted by Gasteiger charge is -2.29. The Labute approximate surface area is 120 Å². The number of rotatable bonds is 4. The molecule has 0 aliphatic heterocycles. The van der Waals surface area contributed by atoms with Crippen LogP contribution >= 0.6 is 12.4 Å². The molecule has 3 N–H and O–H groups in total. The highest BCUT2D eigenvalue weighted by Crippen LogP contribution is 2.29. The number of benzene rings is 1. The minimum Gasteiger partial charge on any atom is -0.497 e. The fourth-order valence-electron chi connectivity index (χ4n) is 1.63. The van der Waals surface area contributed by atoms with Gasteiger partial charge < -0.3 is 15.6 Å². The molecule has 19 heavy (non-hydrogen) atoms. The van der Waals surface area contributed by atoms with Crippen molar-refractivity contribution in [2.75, 3.05) is 7.11 Å². The maximum atomic E-state index is 13.6. The Morgan fingerprint density at radius 1 is 1.37 bits per heavy atom. The Morgan fingerprint density at radius 2 is 1.95 bits per heavy atom. The first-order valence-corrected chi connectivity index (χ1v) is 6.02. The Morgan fingerprint density at radius 3 is 2.42 bits per heavy atom. The van der Waals surface area contributed by atoms with E-state index in [2.05, 4.69) is 0 Å². The van der Waals surface area contributed by atoms with E-state index in [0.717, 1.165) is 0 Å². The van der Waals surface area contributed by atoms with Gasteiger partial charge in [0.15, 0.2) is 0 Å². The Hall–Kier alpha value is -0.840. The van der Waals surface area contributed by atoms with Gasteiger partial charge in [0.1, 0.15) is 11.6 Å². The van der Waals surface area contributed by atoms with E-state index in [0.29, 0.717) is 12.2 Å². The smallest absolute Gasteiger partial charge is 0.129 e. The molecule has 2 atom stereocenters. The molecule has 0 saturated heterocycles. The predicted octanol–water partition coefficient (Wildman–Crippen LogP) is 3.05. The Bertz CT molecular complexity index is 407. The molecule has 0 aromatic heterocycles. The maximum Gasteiger partial charge on any atom is 0.129 e. The number of halogens is 2. The van der Waals surface area contributed by atoms with Crippen LogP contribution in [0.2, 0.25) is 0 Å². The molecule has 1 rings (SSSR count). The van der Waals surface area contributed by atoms with Crippen molar-refractivity contribution >= 4 is 12.4 Å². The van der Waals surface area contributed by atoms with Crippen LogP contribution in [0, 0.1) is 11.2 Å². The molecule has 1 aromatic carbocycles. The summed E-state index contributed by atoms with van der Waals surface area (Å²) in [5.74, 6) is 0.0826. The minimum atomic E-state index is -0.922. The molecule has 1 aromatic rings. The van der Waals surface area contributed by atoms with E-state index in [-0.39, 0.29) is 29.4 Å². The lowest BCUT2D eigenvalue weighted by atomic mass is 9.83. The van der Waals surface area contributed by atoms with Gasteiger partial charge in [-0.25, -0.2) is 4.39 Å². The van der Waals surface area contributed by atoms with Crippen molar-refractivity contribution in [1.82, 2.24) is 0 Å². The first-order valence-electron chi connectivity index (χ1n) is 6.02. The van der Waals surface area contributed by atoms with E-state index in [1.54, 1.807) is 0 Å². The highest BCUT2D eigenvalue weighted by molar-refractivity contribution is 5.85. The second-order valence-electron chi connectivity index (χ2n) is 5.61. The molecule has 0 aliphatic rings. The number of aliphatic hydroxyl groups is 1. The number of hydrogen-bond donors (Lipinski definition) is 2. The zero-order valence-electron chi connectivity index (χ0n) is 11.8. The van der Waals surface area contributed by atoms with Gasteiger partial charge in [-0.2, -0.15) is 0 Å². The molecule has 3 nitrogen and oxygen atoms in total. The molecule has 0 heterocycles. The topological polar surface area (TPSA) is 55.5 Å². The summed E-state index contributed by atoms with van der Waals surface area (Å²) < 4.78 is 18.7. The van der Waals surface area contributed by atoms with E-state index in [4.69, 9.17) is 10.5 Å². The third kappa shape index (κ3) is 4.97. The summed E-state index contributed by atoms with van der Waals surface area (Å²) in [4.78, 5) is 0. The molecule has 5 heteroatoms. The van der Waals surface area contributed by atoms with Crippen molar-refractivity contribution in [3.05, 3.63) is 29.6 Å². The van der Waals surface area contributed by atoms with Gasteiger partial charge in [0.05, 0.1) is 13.2 Å². The van der Waals surface area contributed by atoms with Gasteiger partial charge >= 0.3 is 0 Å². The molecular weight excluding hydrogens is 269 g/mol. The lowest BCUT2D eigenvalue weighted by Crippen LogP contribution is -2.36. The van der Waals surface area contributed by atoms with Crippen LogP contribution in [0.25, 0.3) is 0 Å². The SMILES string of the molecule is COc1ccc(F)c([C@@H](O)C[C@H](N)C(C)(C)C)c1.Cl. The van der Waals surface area contributed by atoms with E-state index < -0.39 is 11.9 Å². The van der Waals surface area contributed by atoms with Gasteiger partial charge in [0, 0.05) is 11.6 Å². The zero-order valence-corrected chi connectivity index (χ0v) is 12.6. The monoisotopic (exact) mass is 291 g/mol. The maximum absolute atomic E-state index is 13.6. The third-order valence-corrected chi connectivity index (χ3v) is 3.15. The standard InChI is InChI=1S/C14H22FNO2.ClH/c1-14(2,3)13(16)8-12(17)10-7-9(18-4)5-6-11(10)15;/h5-7,12-13,17H,8,16H2,1-4H3;1H/t12-,13-;/m0./s1. The molecule has 0 aliphatic carbocycles. The average Bonchev–Trinajstić information content (AvgIpc) is 2.28. The molecule has 0 spiro atoms. The fraction of sp³-hybridized carbons (Fsp3) is 0.571. The summed E-state index contributed by atoms with van der Waals surface area (Å²) in [6.07, 6.45) is -0.609. The average molecular weight is 292 g/mol. The predicted molar refractivity (Wildman–Crippen MR) is 77.2 cm³/mol.